The second kappa shape index (κ2) is 6.59. The lowest BCUT2D eigenvalue weighted by Crippen LogP contribution is -2.46. The summed E-state index contributed by atoms with van der Waals surface area (Å²) in [6, 6.07) is -0.163. The van der Waals surface area contributed by atoms with Crippen LogP contribution in [0.4, 0.5) is 0 Å². The molecular formula is C12H22N2O3. The summed E-state index contributed by atoms with van der Waals surface area (Å²) in [6.45, 7) is 1.51. The smallest absolute Gasteiger partial charge is 0.323 e. The number of amides is 1. The van der Waals surface area contributed by atoms with E-state index in [1.54, 1.807) is 19.0 Å². The molecule has 0 saturated carbocycles. The number of carbonyl (C=O) groups excluding carboxylic acids is 2. The van der Waals surface area contributed by atoms with Gasteiger partial charge in [-0.3, -0.25) is 14.5 Å². The molecule has 0 N–H and O–H groups in total. The van der Waals surface area contributed by atoms with E-state index in [-0.39, 0.29) is 17.9 Å². The standard InChI is InChI=1S/C12H22N2O3/c1-13(2)11(15)7-9-14-8-5-4-6-10(14)12(16)17-3/h10H,4-9H2,1-3H3/t10-/m1/s1. The molecule has 0 bridgehead atoms. The molecule has 0 unspecified atom stereocenters. The molecule has 1 heterocycles. The average Bonchev–Trinajstić information content (AvgIpc) is 2.35. The quantitative estimate of drug-likeness (QED) is 0.673. The molecule has 0 aliphatic carbocycles. The number of piperidine rings is 1. The largest absolute Gasteiger partial charge is 0.468 e. The Balaban J connectivity index is 2.48. The van der Waals surface area contributed by atoms with E-state index in [0.717, 1.165) is 25.8 Å². The van der Waals surface area contributed by atoms with Crippen LogP contribution in [0.3, 0.4) is 0 Å². The Labute approximate surface area is 103 Å². The highest BCUT2D eigenvalue weighted by molar-refractivity contribution is 5.77. The lowest BCUT2D eigenvalue weighted by Gasteiger charge is -2.33. The van der Waals surface area contributed by atoms with Crippen molar-refractivity contribution in [3.63, 3.8) is 0 Å². The van der Waals surface area contributed by atoms with Gasteiger partial charge in [-0.05, 0) is 19.4 Å². The highest BCUT2D eigenvalue weighted by Gasteiger charge is 2.29. The Hall–Kier alpha value is -1.10. The average molecular weight is 242 g/mol. The Morgan fingerprint density at radius 1 is 1.35 bits per heavy atom. The molecule has 17 heavy (non-hydrogen) atoms. The number of hydrogen-bond donors (Lipinski definition) is 0. The predicted molar refractivity (Wildman–Crippen MR) is 64.5 cm³/mol. The van der Waals surface area contributed by atoms with E-state index in [2.05, 4.69) is 4.90 Å². The molecule has 1 aliphatic rings. The zero-order chi connectivity index (χ0) is 12.8. The third-order valence-electron chi connectivity index (χ3n) is 3.20. The van der Waals surface area contributed by atoms with E-state index >= 15 is 0 Å². The number of likely N-dealkylation sites (tertiary alicyclic amines) is 1. The maximum atomic E-state index is 11.6. The third kappa shape index (κ3) is 4.00. The molecule has 98 valence electrons. The summed E-state index contributed by atoms with van der Waals surface area (Å²) >= 11 is 0. The van der Waals surface area contributed by atoms with Crippen LogP contribution < -0.4 is 0 Å². The molecule has 1 atom stereocenters. The van der Waals surface area contributed by atoms with Gasteiger partial charge in [0.15, 0.2) is 0 Å². The van der Waals surface area contributed by atoms with Crippen LogP contribution in [-0.4, -0.2) is 62.0 Å². The van der Waals surface area contributed by atoms with Gasteiger partial charge in [0.2, 0.25) is 5.91 Å². The highest BCUT2D eigenvalue weighted by Crippen LogP contribution is 2.18. The van der Waals surface area contributed by atoms with Crippen molar-refractivity contribution < 1.29 is 14.3 Å². The fraction of sp³-hybridized carbons (Fsp3) is 0.833. The zero-order valence-electron chi connectivity index (χ0n) is 10.9. The molecule has 1 fully saturated rings. The van der Waals surface area contributed by atoms with Gasteiger partial charge in [0.05, 0.1) is 7.11 Å². The van der Waals surface area contributed by atoms with Gasteiger partial charge in [-0.2, -0.15) is 0 Å². The second-order valence-corrected chi connectivity index (χ2v) is 4.61. The van der Waals surface area contributed by atoms with Crippen molar-refractivity contribution in [2.75, 3.05) is 34.3 Å². The summed E-state index contributed by atoms with van der Waals surface area (Å²) in [5.74, 6) is -0.0822. The third-order valence-corrected chi connectivity index (χ3v) is 3.20. The van der Waals surface area contributed by atoms with Crippen molar-refractivity contribution in [1.29, 1.82) is 0 Å². The first-order valence-electron chi connectivity index (χ1n) is 6.08. The monoisotopic (exact) mass is 242 g/mol. The van der Waals surface area contributed by atoms with Gasteiger partial charge in [0, 0.05) is 27.1 Å². The van der Waals surface area contributed by atoms with Crippen molar-refractivity contribution in [1.82, 2.24) is 9.80 Å². The molecule has 1 saturated heterocycles. The second-order valence-electron chi connectivity index (χ2n) is 4.61. The molecule has 0 spiro atoms. The van der Waals surface area contributed by atoms with Crippen LogP contribution in [0, 0.1) is 0 Å². The first kappa shape index (κ1) is 14.0. The normalized spacial score (nSPS) is 21.0. The summed E-state index contributed by atoms with van der Waals surface area (Å²) in [5.41, 5.74) is 0. The van der Waals surface area contributed by atoms with Crippen molar-refractivity contribution in [2.45, 2.75) is 31.7 Å². The van der Waals surface area contributed by atoms with Crippen molar-refractivity contribution in [3.05, 3.63) is 0 Å². The van der Waals surface area contributed by atoms with Gasteiger partial charge in [-0.1, -0.05) is 6.42 Å². The summed E-state index contributed by atoms with van der Waals surface area (Å²) in [6.07, 6.45) is 3.44. The molecule has 0 aromatic heterocycles. The lowest BCUT2D eigenvalue weighted by molar-refractivity contribution is -0.148. The molecule has 1 rings (SSSR count). The van der Waals surface area contributed by atoms with Crippen LogP contribution >= 0.6 is 0 Å². The fourth-order valence-corrected chi connectivity index (χ4v) is 2.12. The van der Waals surface area contributed by atoms with Gasteiger partial charge in [0.1, 0.15) is 6.04 Å². The number of methoxy groups -OCH3 is 1. The zero-order valence-corrected chi connectivity index (χ0v) is 10.9. The minimum atomic E-state index is -0.179. The number of rotatable bonds is 4. The number of ether oxygens (including phenoxy) is 1. The number of esters is 1. The summed E-state index contributed by atoms with van der Waals surface area (Å²) in [5, 5.41) is 0. The van der Waals surface area contributed by atoms with Crippen molar-refractivity contribution in [2.24, 2.45) is 0 Å². The van der Waals surface area contributed by atoms with E-state index < -0.39 is 0 Å². The minimum Gasteiger partial charge on any atom is -0.468 e. The molecule has 1 aliphatic heterocycles. The first-order chi connectivity index (χ1) is 8.06. The van der Waals surface area contributed by atoms with Gasteiger partial charge in [-0.15, -0.1) is 0 Å². The van der Waals surface area contributed by atoms with Crippen molar-refractivity contribution in [3.8, 4) is 0 Å². The van der Waals surface area contributed by atoms with Crippen LogP contribution in [0.15, 0.2) is 0 Å². The maximum Gasteiger partial charge on any atom is 0.323 e. The summed E-state index contributed by atoms with van der Waals surface area (Å²) < 4.78 is 4.80. The Kier molecular flexibility index (Phi) is 5.41. The molecule has 5 heteroatoms. The van der Waals surface area contributed by atoms with E-state index in [0.29, 0.717) is 13.0 Å². The van der Waals surface area contributed by atoms with Gasteiger partial charge < -0.3 is 9.64 Å². The summed E-state index contributed by atoms with van der Waals surface area (Å²) in [7, 11) is 4.91. The fourth-order valence-electron chi connectivity index (χ4n) is 2.12. The number of nitrogens with zero attached hydrogens (tertiary/aromatic N) is 2. The Bertz CT molecular complexity index is 279. The molecular weight excluding hydrogens is 220 g/mol. The van der Waals surface area contributed by atoms with Crippen molar-refractivity contribution >= 4 is 11.9 Å². The highest BCUT2D eigenvalue weighted by atomic mass is 16.5. The van der Waals surface area contributed by atoms with Crippen LogP contribution in [0.5, 0.6) is 0 Å². The topological polar surface area (TPSA) is 49.9 Å². The maximum absolute atomic E-state index is 11.6. The number of hydrogen-bond acceptors (Lipinski definition) is 4. The predicted octanol–water partition coefficient (Wildman–Crippen LogP) is 0.492. The molecule has 5 nitrogen and oxygen atoms in total. The van der Waals surface area contributed by atoms with E-state index in [1.165, 1.54) is 7.11 Å². The van der Waals surface area contributed by atoms with Gasteiger partial charge in [-0.25, -0.2) is 0 Å². The molecule has 0 aromatic carbocycles. The molecule has 0 radical (unpaired) electrons. The molecule has 1 amide bonds. The lowest BCUT2D eigenvalue weighted by atomic mass is 10.0. The van der Waals surface area contributed by atoms with Crippen LogP contribution in [0.2, 0.25) is 0 Å². The van der Waals surface area contributed by atoms with E-state index in [1.807, 2.05) is 0 Å². The minimum absolute atomic E-state index is 0.0965. The van der Waals surface area contributed by atoms with Gasteiger partial charge >= 0.3 is 5.97 Å². The van der Waals surface area contributed by atoms with E-state index in [4.69, 9.17) is 4.74 Å². The number of carbonyl (C=O) groups is 2. The SMILES string of the molecule is COC(=O)[C@H]1CCCCN1CCC(=O)N(C)C. The van der Waals surface area contributed by atoms with Crippen LogP contribution in [0.1, 0.15) is 25.7 Å². The molecule has 0 aromatic rings. The van der Waals surface area contributed by atoms with Crippen LogP contribution in [0.25, 0.3) is 0 Å². The van der Waals surface area contributed by atoms with Gasteiger partial charge in [0.25, 0.3) is 0 Å². The van der Waals surface area contributed by atoms with E-state index in [9.17, 15) is 9.59 Å². The Morgan fingerprint density at radius 3 is 2.65 bits per heavy atom. The Morgan fingerprint density at radius 2 is 2.06 bits per heavy atom. The van der Waals surface area contributed by atoms with Crippen LogP contribution in [-0.2, 0) is 14.3 Å². The first-order valence-corrected chi connectivity index (χ1v) is 6.08. The summed E-state index contributed by atoms with van der Waals surface area (Å²) in [4.78, 5) is 26.8.